The van der Waals surface area contributed by atoms with Crippen molar-refractivity contribution in [2.45, 2.75) is 26.9 Å². The van der Waals surface area contributed by atoms with Crippen LogP contribution in [0.5, 0.6) is 11.5 Å². The highest BCUT2D eigenvalue weighted by atomic mass is 16.5. The molecule has 1 N–H and O–H groups in total. The van der Waals surface area contributed by atoms with Crippen LogP contribution in [0, 0.1) is 0 Å². The van der Waals surface area contributed by atoms with Gasteiger partial charge in [-0.25, -0.2) is 0 Å². The molecule has 0 aromatic heterocycles. The Morgan fingerprint density at radius 2 is 1.96 bits per heavy atom. The molecule has 0 fully saturated rings. The molecule has 28 heavy (non-hydrogen) atoms. The molecule has 2 aromatic carbocycles. The minimum absolute atomic E-state index is 0.135. The van der Waals surface area contributed by atoms with Crippen molar-refractivity contribution in [1.82, 2.24) is 0 Å². The maximum atomic E-state index is 12.6. The lowest BCUT2D eigenvalue weighted by Gasteiger charge is -2.32. The summed E-state index contributed by atoms with van der Waals surface area (Å²) < 4.78 is 11.1. The molecule has 1 aliphatic heterocycles. The van der Waals surface area contributed by atoms with Crippen LogP contribution in [0.15, 0.2) is 42.5 Å². The Hall–Kier alpha value is -3.35. The molecule has 0 saturated carbocycles. The van der Waals surface area contributed by atoms with Crippen LogP contribution < -0.4 is 19.7 Å². The van der Waals surface area contributed by atoms with E-state index < -0.39 is 6.10 Å². The molecule has 0 aliphatic carbocycles. The molecule has 2 amide bonds. The number of ketones is 1. The standard InChI is InChI=1S/C21H22N2O5/c1-4-27-18-8-6-5-7-16(18)22-20(25)12-23-17-11-15(13(2)24)9-10-19(17)28-14(3)21(23)26/h5-11,14H,4,12H2,1-3H3,(H,22,25). The van der Waals surface area contributed by atoms with Crippen molar-refractivity contribution in [1.29, 1.82) is 0 Å². The lowest BCUT2D eigenvalue weighted by molar-refractivity contribution is -0.127. The van der Waals surface area contributed by atoms with Gasteiger partial charge in [0.15, 0.2) is 11.9 Å². The number of nitrogens with zero attached hydrogens (tertiary/aromatic N) is 1. The molecule has 1 heterocycles. The fourth-order valence-electron chi connectivity index (χ4n) is 2.97. The fourth-order valence-corrected chi connectivity index (χ4v) is 2.97. The number of fused-ring (bicyclic) bond motifs is 1. The Morgan fingerprint density at radius 1 is 1.21 bits per heavy atom. The second-order valence-corrected chi connectivity index (χ2v) is 6.40. The average Bonchev–Trinajstić information content (AvgIpc) is 2.67. The van der Waals surface area contributed by atoms with Gasteiger partial charge in [-0.1, -0.05) is 12.1 Å². The van der Waals surface area contributed by atoms with Gasteiger partial charge in [-0.3, -0.25) is 19.3 Å². The van der Waals surface area contributed by atoms with E-state index in [4.69, 9.17) is 9.47 Å². The average molecular weight is 382 g/mol. The number of benzene rings is 2. The minimum atomic E-state index is -0.723. The molecule has 1 aliphatic rings. The Kier molecular flexibility index (Phi) is 5.63. The van der Waals surface area contributed by atoms with Crippen molar-refractivity contribution in [2.24, 2.45) is 0 Å². The van der Waals surface area contributed by atoms with E-state index in [9.17, 15) is 14.4 Å². The van der Waals surface area contributed by atoms with E-state index in [1.807, 2.05) is 13.0 Å². The largest absolute Gasteiger partial charge is 0.492 e. The van der Waals surface area contributed by atoms with Gasteiger partial charge in [0, 0.05) is 5.56 Å². The summed E-state index contributed by atoms with van der Waals surface area (Å²) in [6.07, 6.45) is -0.723. The third kappa shape index (κ3) is 3.98. The molecule has 1 atom stereocenters. The van der Waals surface area contributed by atoms with Crippen LogP contribution in [0.1, 0.15) is 31.1 Å². The second kappa shape index (κ2) is 8.12. The molecule has 0 saturated heterocycles. The van der Waals surface area contributed by atoms with Crippen LogP contribution in [-0.4, -0.2) is 36.9 Å². The normalized spacial score (nSPS) is 15.5. The summed E-state index contributed by atoms with van der Waals surface area (Å²) in [6, 6.07) is 11.9. The van der Waals surface area contributed by atoms with E-state index in [2.05, 4.69) is 5.32 Å². The van der Waals surface area contributed by atoms with E-state index in [0.717, 1.165) is 0 Å². The summed E-state index contributed by atoms with van der Waals surface area (Å²) in [4.78, 5) is 38.3. The predicted octanol–water partition coefficient (Wildman–Crippen LogP) is 3.04. The van der Waals surface area contributed by atoms with Crippen LogP contribution in [-0.2, 0) is 9.59 Å². The van der Waals surface area contributed by atoms with E-state index in [0.29, 0.717) is 35.0 Å². The van der Waals surface area contributed by atoms with E-state index in [-0.39, 0.29) is 24.1 Å². The third-order valence-corrected chi connectivity index (χ3v) is 4.34. The highest BCUT2D eigenvalue weighted by molar-refractivity contribution is 6.07. The summed E-state index contributed by atoms with van der Waals surface area (Å²) in [6.45, 7) is 5.18. The van der Waals surface area contributed by atoms with Gasteiger partial charge in [0.2, 0.25) is 5.91 Å². The number of nitrogens with one attached hydrogen (secondary N) is 1. The molecule has 1 unspecified atom stereocenters. The first-order valence-electron chi connectivity index (χ1n) is 9.05. The number of para-hydroxylation sites is 2. The van der Waals surface area contributed by atoms with Gasteiger partial charge in [0.1, 0.15) is 18.0 Å². The highest BCUT2D eigenvalue weighted by Gasteiger charge is 2.33. The number of hydrogen-bond donors (Lipinski definition) is 1. The number of Topliss-reactive ketones (excluding diaryl/α,β-unsaturated/α-hetero) is 1. The van der Waals surface area contributed by atoms with Gasteiger partial charge in [-0.2, -0.15) is 0 Å². The number of carbonyl (C=O) groups excluding carboxylic acids is 3. The first kappa shape index (κ1) is 19.4. The van der Waals surface area contributed by atoms with Gasteiger partial charge in [0.05, 0.1) is 18.0 Å². The summed E-state index contributed by atoms with van der Waals surface area (Å²) in [7, 11) is 0. The zero-order chi connectivity index (χ0) is 20.3. The van der Waals surface area contributed by atoms with Crippen LogP contribution >= 0.6 is 0 Å². The Bertz CT molecular complexity index is 925. The van der Waals surface area contributed by atoms with Crippen molar-refractivity contribution in [3.05, 3.63) is 48.0 Å². The molecular weight excluding hydrogens is 360 g/mol. The zero-order valence-electron chi connectivity index (χ0n) is 16.0. The molecule has 2 aromatic rings. The van der Waals surface area contributed by atoms with Crippen molar-refractivity contribution >= 4 is 29.0 Å². The number of anilines is 2. The van der Waals surface area contributed by atoms with Gasteiger partial charge < -0.3 is 14.8 Å². The molecule has 7 nitrogen and oxygen atoms in total. The van der Waals surface area contributed by atoms with Gasteiger partial charge in [0.25, 0.3) is 5.91 Å². The topological polar surface area (TPSA) is 84.9 Å². The maximum absolute atomic E-state index is 12.6. The molecule has 0 spiro atoms. The molecule has 0 radical (unpaired) electrons. The predicted molar refractivity (Wildman–Crippen MR) is 105 cm³/mol. The quantitative estimate of drug-likeness (QED) is 0.776. The summed E-state index contributed by atoms with van der Waals surface area (Å²) in [5, 5.41) is 2.78. The second-order valence-electron chi connectivity index (χ2n) is 6.40. The van der Waals surface area contributed by atoms with Crippen molar-refractivity contribution in [2.75, 3.05) is 23.4 Å². The van der Waals surface area contributed by atoms with Gasteiger partial charge >= 0.3 is 0 Å². The van der Waals surface area contributed by atoms with Gasteiger partial charge in [-0.15, -0.1) is 0 Å². The number of hydrogen-bond acceptors (Lipinski definition) is 5. The Labute approximate surface area is 163 Å². The highest BCUT2D eigenvalue weighted by Crippen LogP contribution is 2.35. The number of ether oxygens (including phenoxy) is 2. The van der Waals surface area contributed by atoms with E-state index in [1.54, 1.807) is 43.3 Å². The summed E-state index contributed by atoms with van der Waals surface area (Å²) in [5.74, 6) is 0.151. The fraction of sp³-hybridized carbons (Fsp3) is 0.286. The molecular formula is C21H22N2O5. The summed E-state index contributed by atoms with van der Waals surface area (Å²) >= 11 is 0. The Morgan fingerprint density at radius 3 is 2.68 bits per heavy atom. The van der Waals surface area contributed by atoms with Crippen molar-refractivity contribution < 1.29 is 23.9 Å². The van der Waals surface area contributed by atoms with Crippen LogP contribution in [0.3, 0.4) is 0 Å². The SMILES string of the molecule is CCOc1ccccc1NC(=O)CN1C(=O)C(C)Oc2ccc(C(C)=O)cc21. The lowest BCUT2D eigenvalue weighted by Crippen LogP contribution is -2.47. The van der Waals surface area contributed by atoms with E-state index >= 15 is 0 Å². The Balaban J connectivity index is 1.85. The minimum Gasteiger partial charge on any atom is -0.492 e. The van der Waals surface area contributed by atoms with E-state index in [1.165, 1.54) is 11.8 Å². The molecule has 7 heteroatoms. The number of amides is 2. The molecule has 146 valence electrons. The van der Waals surface area contributed by atoms with Crippen LogP contribution in [0.4, 0.5) is 11.4 Å². The first-order valence-corrected chi connectivity index (χ1v) is 9.05. The number of rotatable bonds is 6. The van der Waals surface area contributed by atoms with Crippen molar-refractivity contribution in [3.8, 4) is 11.5 Å². The summed E-state index contributed by atoms with van der Waals surface area (Å²) in [5.41, 5.74) is 1.38. The number of carbonyl (C=O) groups is 3. The van der Waals surface area contributed by atoms with Gasteiger partial charge in [-0.05, 0) is 51.1 Å². The monoisotopic (exact) mass is 382 g/mol. The zero-order valence-corrected chi connectivity index (χ0v) is 16.0. The van der Waals surface area contributed by atoms with Crippen LogP contribution in [0.2, 0.25) is 0 Å². The lowest BCUT2D eigenvalue weighted by atomic mass is 10.1. The van der Waals surface area contributed by atoms with Crippen molar-refractivity contribution in [3.63, 3.8) is 0 Å². The first-order chi connectivity index (χ1) is 13.4. The van der Waals surface area contributed by atoms with Crippen LogP contribution in [0.25, 0.3) is 0 Å². The molecule has 3 rings (SSSR count). The third-order valence-electron chi connectivity index (χ3n) is 4.34. The maximum Gasteiger partial charge on any atom is 0.268 e. The molecule has 0 bridgehead atoms. The smallest absolute Gasteiger partial charge is 0.268 e.